The van der Waals surface area contributed by atoms with Crippen LogP contribution in [0.25, 0.3) is 0 Å². The minimum absolute atomic E-state index is 0.256. The van der Waals surface area contributed by atoms with Gasteiger partial charge < -0.3 is 0 Å². The van der Waals surface area contributed by atoms with Crippen molar-refractivity contribution in [3.63, 3.8) is 0 Å². The maximum absolute atomic E-state index is 3.39. The Morgan fingerprint density at radius 1 is 0.731 bits per heavy atom. The van der Waals surface area contributed by atoms with E-state index in [1.807, 2.05) is 23.5 Å². The molecule has 0 nitrogen and oxygen atoms in total. The highest BCUT2D eigenvalue weighted by Gasteiger charge is 2.17. The van der Waals surface area contributed by atoms with E-state index in [0.29, 0.717) is 0 Å². The molecule has 0 saturated carbocycles. The predicted octanol–water partition coefficient (Wildman–Crippen LogP) is 7.42. The van der Waals surface area contributed by atoms with Gasteiger partial charge in [-0.15, -0.1) is 23.5 Å². The van der Waals surface area contributed by atoms with Crippen molar-refractivity contribution in [3.8, 4) is 11.8 Å². The molecule has 0 spiro atoms. The molecule has 0 atom stereocenters. The molecule has 0 radical (unpaired) electrons. The lowest BCUT2D eigenvalue weighted by Gasteiger charge is -2.18. The molecule has 0 heterocycles. The van der Waals surface area contributed by atoms with E-state index in [2.05, 4.69) is 104 Å². The topological polar surface area (TPSA) is 0 Å². The van der Waals surface area contributed by atoms with Crippen LogP contribution in [0.15, 0.2) is 94.7 Å². The third kappa shape index (κ3) is 5.46. The fourth-order valence-electron chi connectivity index (χ4n) is 2.50. The van der Waals surface area contributed by atoms with Gasteiger partial charge in [0.1, 0.15) is 0 Å². The molecule has 0 aromatic heterocycles. The summed E-state index contributed by atoms with van der Waals surface area (Å²) < 4.78 is 0.256. The molecule has 3 aromatic carbocycles. The van der Waals surface area contributed by atoms with E-state index >= 15 is 0 Å². The summed E-state index contributed by atoms with van der Waals surface area (Å²) in [6.45, 7) is 2.17. The number of unbranched alkanes of at least 4 members (excludes halogenated alkanes) is 1. The Kier molecular flexibility index (Phi) is 7.31. The van der Waals surface area contributed by atoms with Crippen molar-refractivity contribution in [2.45, 2.75) is 34.1 Å². The van der Waals surface area contributed by atoms with Crippen molar-refractivity contribution in [1.82, 2.24) is 0 Å². The average Bonchev–Trinajstić information content (AvgIpc) is 2.70. The molecule has 0 bridgehead atoms. The van der Waals surface area contributed by atoms with Gasteiger partial charge in [0.2, 0.25) is 0 Å². The van der Waals surface area contributed by atoms with Crippen LogP contribution in [0.1, 0.15) is 35.5 Å². The standard InChI is InChI=1S/C24H22S2/c1-2-3-6-13-20-14-11-12-19-23(20)24(25-21-15-7-4-8-16-21)26-22-17-9-5-10-18-22/h4-5,7-12,14-19,24H,2-3H2,1H3. The van der Waals surface area contributed by atoms with Gasteiger partial charge in [-0.1, -0.05) is 73.4 Å². The Bertz CT molecular complexity index is 819. The summed E-state index contributed by atoms with van der Waals surface area (Å²) in [6.07, 6.45) is 2.03. The van der Waals surface area contributed by atoms with Crippen molar-refractivity contribution < 1.29 is 0 Å². The first-order valence-electron chi connectivity index (χ1n) is 8.88. The molecule has 3 rings (SSSR count). The zero-order chi connectivity index (χ0) is 18.0. The van der Waals surface area contributed by atoms with Crippen LogP contribution in [0.5, 0.6) is 0 Å². The van der Waals surface area contributed by atoms with Crippen LogP contribution in [0.4, 0.5) is 0 Å². The van der Waals surface area contributed by atoms with E-state index in [0.717, 1.165) is 18.4 Å². The molecule has 0 amide bonds. The molecule has 130 valence electrons. The quantitative estimate of drug-likeness (QED) is 0.250. The lowest BCUT2D eigenvalue weighted by atomic mass is 10.1. The highest BCUT2D eigenvalue weighted by Crippen LogP contribution is 2.47. The van der Waals surface area contributed by atoms with Crippen molar-refractivity contribution in [3.05, 3.63) is 96.1 Å². The number of hydrogen-bond donors (Lipinski definition) is 0. The molecule has 26 heavy (non-hydrogen) atoms. The zero-order valence-corrected chi connectivity index (χ0v) is 16.5. The van der Waals surface area contributed by atoms with Crippen LogP contribution in [0.3, 0.4) is 0 Å². The zero-order valence-electron chi connectivity index (χ0n) is 14.9. The van der Waals surface area contributed by atoms with E-state index in [-0.39, 0.29) is 4.58 Å². The minimum Gasteiger partial charge on any atom is -0.106 e. The Hall–Kier alpha value is -2.08. The third-order valence-electron chi connectivity index (χ3n) is 3.79. The predicted molar refractivity (Wildman–Crippen MR) is 116 cm³/mol. The van der Waals surface area contributed by atoms with Crippen LogP contribution < -0.4 is 0 Å². The van der Waals surface area contributed by atoms with Crippen molar-refractivity contribution in [2.75, 3.05) is 0 Å². The van der Waals surface area contributed by atoms with Crippen LogP contribution >= 0.6 is 23.5 Å². The molecule has 0 unspecified atom stereocenters. The Morgan fingerprint density at radius 3 is 1.85 bits per heavy atom. The summed E-state index contributed by atoms with van der Waals surface area (Å²) in [7, 11) is 0. The van der Waals surface area contributed by atoms with Crippen LogP contribution in [0.2, 0.25) is 0 Å². The fourth-order valence-corrected chi connectivity index (χ4v) is 5.14. The minimum atomic E-state index is 0.256. The molecule has 0 N–H and O–H groups in total. The maximum atomic E-state index is 3.39. The molecular weight excluding hydrogens is 352 g/mol. The lowest BCUT2D eigenvalue weighted by Crippen LogP contribution is -1.94. The van der Waals surface area contributed by atoms with Gasteiger partial charge in [-0.2, -0.15) is 0 Å². The molecule has 0 aliphatic rings. The van der Waals surface area contributed by atoms with Gasteiger partial charge in [0, 0.05) is 21.8 Å². The number of hydrogen-bond acceptors (Lipinski definition) is 2. The van der Waals surface area contributed by atoms with Gasteiger partial charge in [0.15, 0.2) is 0 Å². The molecule has 0 saturated heterocycles. The van der Waals surface area contributed by atoms with Gasteiger partial charge >= 0.3 is 0 Å². The van der Waals surface area contributed by atoms with E-state index in [1.54, 1.807) is 0 Å². The number of thioether (sulfide) groups is 2. The Morgan fingerprint density at radius 2 is 1.27 bits per heavy atom. The Labute approximate surface area is 165 Å². The van der Waals surface area contributed by atoms with Crippen LogP contribution in [-0.2, 0) is 0 Å². The maximum Gasteiger partial charge on any atom is 0.0857 e. The fraction of sp³-hybridized carbons (Fsp3) is 0.167. The largest absolute Gasteiger partial charge is 0.106 e. The van der Waals surface area contributed by atoms with Gasteiger partial charge in [-0.3, -0.25) is 0 Å². The smallest absolute Gasteiger partial charge is 0.0857 e. The second-order valence-electron chi connectivity index (χ2n) is 5.83. The highest BCUT2D eigenvalue weighted by atomic mass is 32.2. The van der Waals surface area contributed by atoms with Crippen molar-refractivity contribution in [1.29, 1.82) is 0 Å². The molecule has 0 fully saturated rings. The van der Waals surface area contributed by atoms with Gasteiger partial charge in [-0.05, 0) is 42.3 Å². The van der Waals surface area contributed by atoms with E-state index in [4.69, 9.17) is 0 Å². The summed E-state index contributed by atoms with van der Waals surface area (Å²) in [6, 6.07) is 29.8. The van der Waals surface area contributed by atoms with Crippen LogP contribution in [0, 0.1) is 11.8 Å². The number of benzene rings is 3. The molecule has 0 aliphatic carbocycles. The SMILES string of the molecule is CCCC#Cc1ccccc1C(Sc1ccccc1)Sc1ccccc1. The summed E-state index contributed by atoms with van der Waals surface area (Å²) in [4.78, 5) is 2.55. The van der Waals surface area contributed by atoms with Gasteiger partial charge in [0.05, 0.1) is 4.58 Å². The molecular formula is C24H22S2. The summed E-state index contributed by atoms with van der Waals surface area (Å²) in [5.74, 6) is 6.70. The van der Waals surface area contributed by atoms with Crippen molar-refractivity contribution in [2.24, 2.45) is 0 Å². The molecule has 0 aliphatic heterocycles. The van der Waals surface area contributed by atoms with Gasteiger partial charge in [0.25, 0.3) is 0 Å². The first-order valence-corrected chi connectivity index (χ1v) is 10.6. The van der Waals surface area contributed by atoms with E-state index in [9.17, 15) is 0 Å². The molecule has 2 heteroatoms. The first kappa shape index (κ1) is 18.7. The normalized spacial score (nSPS) is 10.4. The monoisotopic (exact) mass is 374 g/mol. The highest BCUT2D eigenvalue weighted by molar-refractivity contribution is 8.16. The third-order valence-corrected chi connectivity index (χ3v) is 6.39. The van der Waals surface area contributed by atoms with E-state index < -0.39 is 0 Å². The second-order valence-corrected chi connectivity index (χ2v) is 8.49. The summed E-state index contributed by atoms with van der Waals surface area (Å²) in [5.41, 5.74) is 2.43. The van der Waals surface area contributed by atoms with Crippen LogP contribution in [-0.4, -0.2) is 0 Å². The lowest BCUT2D eigenvalue weighted by molar-refractivity contribution is 0.983. The Balaban J connectivity index is 1.94. The van der Waals surface area contributed by atoms with Gasteiger partial charge in [-0.25, -0.2) is 0 Å². The number of rotatable bonds is 6. The summed E-state index contributed by atoms with van der Waals surface area (Å²) >= 11 is 3.77. The second kappa shape index (κ2) is 10.2. The average molecular weight is 375 g/mol. The van der Waals surface area contributed by atoms with E-state index in [1.165, 1.54) is 15.4 Å². The first-order chi connectivity index (χ1) is 12.9. The summed E-state index contributed by atoms with van der Waals surface area (Å²) in [5, 5.41) is 0. The molecule has 3 aromatic rings. The van der Waals surface area contributed by atoms with Crippen molar-refractivity contribution >= 4 is 23.5 Å².